The number of esters is 1. The van der Waals surface area contributed by atoms with E-state index in [2.05, 4.69) is 53.7 Å². The van der Waals surface area contributed by atoms with Gasteiger partial charge in [0.15, 0.2) is 0 Å². The number of carboxylic acid groups (broad SMARTS) is 1. The Balaban J connectivity index is 1.64. The average Bonchev–Trinajstić information content (AvgIpc) is 3.02. The van der Waals surface area contributed by atoms with Crippen LogP contribution in [0.4, 0.5) is 0 Å². The first-order valence-corrected chi connectivity index (χ1v) is 14.3. The van der Waals surface area contributed by atoms with Crippen LogP contribution in [-0.4, -0.2) is 34.4 Å². The first kappa shape index (κ1) is 28.1. The smallest absolute Gasteiger partial charge is 0.330 e. The van der Waals surface area contributed by atoms with Gasteiger partial charge in [0.2, 0.25) is 0 Å². The fraction of sp³-hybridized carbons (Fsp3) is 0.750. The van der Waals surface area contributed by atoms with E-state index in [1.165, 1.54) is 18.1 Å². The van der Waals surface area contributed by atoms with Gasteiger partial charge < -0.3 is 14.9 Å². The highest BCUT2D eigenvalue weighted by Crippen LogP contribution is 2.71. The van der Waals surface area contributed by atoms with E-state index in [9.17, 15) is 19.8 Å². The summed E-state index contributed by atoms with van der Waals surface area (Å²) in [4.78, 5) is 23.0. The van der Waals surface area contributed by atoms with Crippen LogP contribution in [0.1, 0.15) is 100 Å². The van der Waals surface area contributed by atoms with Gasteiger partial charge in [0, 0.05) is 23.3 Å². The van der Waals surface area contributed by atoms with E-state index in [-0.39, 0.29) is 33.7 Å². The second-order valence-electron chi connectivity index (χ2n) is 13.8. The maximum Gasteiger partial charge on any atom is 0.330 e. The summed E-state index contributed by atoms with van der Waals surface area (Å²) in [6.45, 7) is 17.1. The van der Waals surface area contributed by atoms with Crippen LogP contribution in [0.3, 0.4) is 0 Å². The second kappa shape index (κ2) is 9.39. The van der Waals surface area contributed by atoms with Gasteiger partial charge in [0.25, 0.3) is 0 Å². The van der Waals surface area contributed by atoms with Crippen LogP contribution < -0.4 is 0 Å². The molecule has 0 aromatic carbocycles. The predicted octanol–water partition coefficient (Wildman–Crippen LogP) is 6.86. The maximum absolute atomic E-state index is 11.8. The Labute approximate surface area is 223 Å². The van der Waals surface area contributed by atoms with Crippen molar-refractivity contribution in [3.8, 4) is 0 Å². The first-order chi connectivity index (χ1) is 17.1. The molecule has 0 aliphatic heterocycles. The summed E-state index contributed by atoms with van der Waals surface area (Å²) in [7, 11) is 0. The highest BCUT2D eigenvalue weighted by atomic mass is 16.5. The fourth-order valence-corrected chi connectivity index (χ4v) is 9.19. The highest BCUT2D eigenvalue weighted by molar-refractivity contribution is 5.85. The zero-order valence-electron chi connectivity index (χ0n) is 24.2. The third-order valence-corrected chi connectivity index (χ3v) is 11.7. The summed E-state index contributed by atoms with van der Waals surface area (Å²) in [5.41, 5.74) is 2.68. The Morgan fingerprint density at radius 3 is 2.43 bits per heavy atom. The number of ether oxygens (including phenoxy) is 1. The van der Waals surface area contributed by atoms with Crippen LogP contribution >= 0.6 is 0 Å². The number of hydrogen-bond acceptors (Lipinski definition) is 4. The quantitative estimate of drug-likeness (QED) is 0.300. The minimum Gasteiger partial charge on any atom is -0.478 e. The van der Waals surface area contributed by atoms with Crippen molar-refractivity contribution in [2.45, 2.75) is 113 Å². The number of carbonyl (C=O) groups is 2. The van der Waals surface area contributed by atoms with Gasteiger partial charge in [-0.3, -0.25) is 4.79 Å². The zero-order valence-corrected chi connectivity index (χ0v) is 24.2. The summed E-state index contributed by atoms with van der Waals surface area (Å²) in [5.74, 6) is 0.0798. The summed E-state index contributed by atoms with van der Waals surface area (Å²) >= 11 is 0. The molecule has 2 saturated carbocycles. The molecule has 0 amide bonds. The summed E-state index contributed by atoms with van der Waals surface area (Å²) in [5, 5.41) is 20.9. The van der Waals surface area contributed by atoms with Gasteiger partial charge in [0.05, 0.1) is 6.10 Å². The second-order valence-corrected chi connectivity index (χ2v) is 13.8. The molecule has 5 heteroatoms. The molecule has 2 fully saturated rings. The van der Waals surface area contributed by atoms with Crippen molar-refractivity contribution in [2.75, 3.05) is 0 Å². The molecule has 206 valence electrons. The molecule has 0 spiro atoms. The number of allylic oxidation sites excluding steroid dienone is 4. The molecule has 2 N–H and O–H groups in total. The largest absolute Gasteiger partial charge is 0.478 e. The van der Waals surface area contributed by atoms with E-state index >= 15 is 0 Å². The molecule has 37 heavy (non-hydrogen) atoms. The molecule has 0 aromatic heterocycles. The molecular weight excluding hydrogens is 464 g/mol. The van der Waals surface area contributed by atoms with E-state index in [4.69, 9.17) is 4.74 Å². The number of rotatable bonds is 6. The Morgan fingerprint density at radius 1 is 1.14 bits per heavy atom. The highest BCUT2D eigenvalue weighted by Gasteiger charge is 2.66. The molecule has 5 nitrogen and oxygen atoms in total. The van der Waals surface area contributed by atoms with Crippen molar-refractivity contribution < 1.29 is 24.5 Å². The molecule has 8 unspecified atom stereocenters. The minimum absolute atomic E-state index is 0.00283. The SMILES string of the molecule is CC(=O)OC1CCC2(C)C3=CCC4(C)C(C(C)CC/C=C(\C)C(=O)O)CC(O)C4(C)C3=CCC2C1(C)C. The number of hydrogen-bond donors (Lipinski definition) is 2. The third kappa shape index (κ3) is 4.15. The number of aliphatic hydroxyl groups excluding tert-OH is 1. The zero-order chi connectivity index (χ0) is 27.6. The Morgan fingerprint density at radius 2 is 1.81 bits per heavy atom. The molecule has 4 rings (SSSR count). The van der Waals surface area contributed by atoms with E-state index < -0.39 is 12.1 Å². The molecule has 8 atom stereocenters. The number of aliphatic carboxylic acids is 1. The first-order valence-electron chi connectivity index (χ1n) is 14.3. The summed E-state index contributed by atoms with van der Waals surface area (Å²) in [6, 6.07) is 0. The van der Waals surface area contributed by atoms with Crippen molar-refractivity contribution in [2.24, 2.45) is 39.4 Å². The van der Waals surface area contributed by atoms with E-state index in [0.29, 0.717) is 23.3 Å². The predicted molar refractivity (Wildman–Crippen MR) is 146 cm³/mol. The van der Waals surface area contributed by atoms with Gasteiger partial charge in [-0.15, -0.1) is 0 Å². The van der Waals surface area contributed by atoms with Gasteiger partial charge >= 0.3 is 11.9 Å². The van der Waals surface area contributed by atoms with Crippen molar-refractivity contribution in [1.82, 2.24) is 0 Å². The van der Waals surface area contributed by atoms with Crippen LogP contribution in [0, 0.1) is 39.4 Å². The lowest BCUT2D eigenvalue weighted by molar-refractivity contribution is -0.165. The number of fused-ring (bicyclic) bond motifs is 5. The molecule has 0 aromatic rings. The monoisotopic (exact) mass is 512 g/mol. The lowest BCUT2D eigenvalue weighted by Crippen LogP contribution is -2.56. The van der Waals surface area contributed by atoms with Crippen LogP contribution in [0.5, 0.6) is 0 Å². The average molecular weight is 513 g/mol. The Hall–Kier alpha value is -1.88. The Kier molecular flexibility index (Phi) is 7.14. The van der Waals surface area contributed by atoms with Gasteiger partial charge in [-0.05, 0) is 91.6 Å². The van der Waals surface area contributed by atoms with E-state index in [1.54, 1.807) is 6.92 Å². The summed E-state index contributed by atoms with van der Waals surface area (Å²) < 4.78 is 5.80. The number of carbonyl (C=O) groups excluding carboxylic acids is 1. The number of aliphatic hydroxyl groups is 1. The van der Waals surface area contributed by atoms with E-state index in [1.807, 2.05) is 6.08 Å². The van der Waals surface area contributed by atoms with Crippen molar-refractivity contribution in [1.29, 1.82) is 0 Å². The molecule has 4 aliphatic rings. The maximum atomic E-state index is 11.8. The van der Waals surface area contributed by atoms with Gasteiger partial charge in [-0.25, -0.2) is 4.79 Å². The van der Waals surface area contributed by atoms with Gasteiger partial charge in [0.1, 0.15) is 6.10 Å². The lowest BCUT2D eigenvalue weighted by atomic mass is 9.44. The van der Waals surface area contributed by atoms with Crippen LogP contribution in [0.25, 0.3) is 0 Å². The minimum atomic E-state index is -0.852. The van der Waals surface area contributed by atoms with Crippen LogP contribution in [0.2, 0.25) is 0 Å². The van der Waals surface area contributed by atoms with Gasteiger partial charge in [-0.1, -0.05) is 59.8 Å². The van der Waals surface area contributed by atoms with Crippen LogP contribution in [-0.2, 0) is 14.3 Å². The normalized spacial score (nSPS) is 41.5. The lowest BCUT2D eigenvalue weighted by Gasteiger charge is -2.61. The fourth-order valence-electron chi connectivity index (χ4n) is 9.19. The summed E-state index contributed by atoms with van der Waals surface area (Å²) in [6.07, 6.45) is 12.5. The topological polar surface area (TPSA) is 83.8 Å². The molecule has 4 aliphatic carbocycles. The molecule has 0 bridgehead atoms. The third-order valence-electron chi connectivity index (χ3n) is 11.7. The van der Waals surface area contributed by atoms with Gasteiger partial charge in [-0.2, -0.15) is 0 Å². The van der Waals surface area contributed by atoms with Crippen molar-refractivity contribution in [3.63, 3.8) is 0 Å². The standard InChI is InChI=1S/C32H48O5/c1-19(10-9-11-20(2)28(35)36)24-18-26(34)32(8)23-12-13-25-29(4,5)27(37-21(3)33)15-16-30(25,6)22(23)14-17-31(24,32)7/h11-12,14,19,24-27,34H,9-10,13,15-18H2,1-8H3,(H,35,36)/b20-11+. The number of carboxylic acids is 1. The van der Waals surface area contributed by atoms with Crippen molar-refractivity contribution in [3.05, 3.63) is 34.9 Å². The molecule has 0 saturated heterocycles. The molecule has 0 radical (unpaired) electrons. The van der Waals surface area contributed by atoms with Crippen LogP contribution in [0.15, 0.2) is 34.9 Å². The van der Waals surface area contributed by atoms with Crippen molar-refractivity contribution >= 4 is 11.9 Å². The van der Waals surface area contributed by atoms with E-state index in [0.717, 1.165) is 44.9 Å². The molecule has 0 heterocycles. The Bertz CT molecular complexity index is 1050. The molecular formula is C32H48O5.